The number of hydrogen-bond donors (Lipinski definition) is 0. The largest absolute Gasteiger partial charge is 0.497 e. The van der Waals surface area contributed by atoms with Crippen molar-refractivity contribution in [3.8, 4) is 5.75 Å². The first-order valence-corrected chi connectivity index (χ1v) is 14.4. The van der Waals surface area contributed by atoms with E-state index in [1.165, 1.54) is 0 Å². The lowest BCUT2D eigenvalue weighted by molar-refractivity contribution is 0.0271. The molecule has 2 atom stereocenters. The summed E-state index contributed by atoms with van der Waals surface area (Å²) in [4.78, 5) is 17.6. The molecule has 0 spiro atoms. The second kappa shape index (κ2) is 10.5. The molecule has 0 aromatic heterocycles. The zero-order chi connectivity index (χ0) is 23.1. The van der Waals surface area contributed by atoms with E-state index in [2.05, 4.69) is 29.7 Å². The molecule has 1 amide bonds. The highest BCUT2D eigenvalue weighted by Gasteiger charge is 2.40. The van der Waals surface area contributed by atoms with E-state index in [1.807, 2.05) is 48.5 Å². The summed E-state index contributed by atoms with van der Waals surface area (Å²) in [6.07, 6.45) is -0.800. The highest BCUT2D eigenvalue weighted by Crippen LogP contribution is 2.35. The molecule has 0 saturated carbocycles. The van der Waals surface area contributed by atoms with Gasteiger partial charge in [-0.15, -0.1) is 0 Å². The summed E-state index contributed by atoms with van der Waals surface area (Å²) < 4.78 is 16.9. The van der Waals surface area contributed by atoms with Crippen LogP contribution in [0.15, 0.2) is 53.6 Å². The molecular weight excluding hydrogens is 424 g/mol. The summed E-state index contributed by atoms with van der Waals surface area (Å²) >= 11 is 0. The van der Waals surface area contributed by atoms with Gasteiger partial charge in [0.1, 0.15) is 5.75 Å². The van der Waals surface area contributed by atoms with Crippen molar-refractivity contribution in [2.75, 3.05) is 18.6 Å². The van der Waals surface area contributed by atoms with Gasteiger partial charge in [-0.25, -0.2) is 4.79 Å². The number of nitrogens with zero attached hydrogens (tertiary/aromatic N) is 4. The van der Waals surface area contributed by atoms with Gasteiger partial charge in [-0.3, -0.25) is 4.90 Å². The van der Waals surface area contributed by atoms with Crippen molar-refractivity contribution in [1.82, 2.24) is 0 Å². The Kier molecular flexibility index (Phi) is 7.79. The van der Waals surface area contributed by atoms with Gasteiger partial charge >= 0.3 is 6.09 Å². The first-order valence-electron chi connectivity index (χ1n) is 10.6. The average Bonchev–Trinajstić information content (AvgIpc) is 3.15. The molecule has 0 aliphatic carbocycles. The Bertz CT molecular complexity index is 988. The van der Waals surface area contributed by atoms with Crippen molar-refractivity contribution in [2.45, 2.75) is 51.0 Å². The van der Waals surface area contributed by atoms with Crippen LogP contribution in [0.5, 0.6) is 5.75 Å². The monoisotopic (exact) mass is 454 g/mol. The molecular formula is C23H30N4O4Si. The zero-order valence-corrected chi connectivity index (χ0v) is 20.0. The molecule has 2 aromatic rings. The fourth-order valence-corrected chi connectivity index (χ4v) is 4.32. The van der Waals surface area contributed by atoms with E-state index in [0.29, 0.717) is 18.8 Å². The first-order chi connectivity index (χ1) is 15.3. The Morgan fingerprint density at radius 2 is 2.03 bits per heavy atom. The van der Waals surface area contributed by atoms with Crippen molar-refractivity contribution in [1.29, 1.82) is 0 Å². The molecule has 9 heteroatoms. The minimum absolute atomic E-state index is 0.215. The molecule has 3 rings (SSSR count). The Labute approximate surface area is 189 Å². The van der Waals surface area contributed by atoms with Gasteiger partial charge in [-0.1, -0.05) is 55.1 Å². The molecule has 0 fully saturated rings. The Morgan fingerprint density at radius 1 is 1.25 bits per heavy atom. The van der Waals surface area contributed by atoms with Gasteiger partial charge in [0, 0.05) is 13.0 Å². The molecule has 0 radical (unpaired) electrons. The summed E-state index contributed by atoms with van der Waals surface area (Å²) in [5, 5.41) is 3.88. The highest BCUT2D eigenvalue weighted by molar-refractivity contribution is 6.76. The quantitative estimate of drug-likeness (QED) is 0.208. The number of benzene rings is 2. The van der Waals surface area contributed by atoms with Crippen molar-refractivity contribution in [3.05, 3.63) is 70.1 Å². The van der Waals surface area contributed by atoms with Crippen LogP contribution in [0.25, 0.3) is 10.4 Å². The molecule has 2 unspecified atom stereocenters. The molecule has 1 aliphatic heterocycles. The lowest BCUT2D eigenvalue weighted by Crippen LogP contribution is -2.46. The predicted molar refractivity (Wildman–Crippen MR) is 127 cm³/mol. The maximum atomic E-state index is 13.1. The number of rotatable bonds is 9. The maximum absolute atomic E-state index is 13.1. The Hall–Kier alpha value is -3.00. The molecule has 8 nitrogen and oxygen atoms in total. The van der Waals surface area contributed by atoms with Crippen LogP contribution >= 0.6 is 0 Å². The smallest absolute Gasteiger partial charge is 0.414 e. The summed E-state index contributed by atoms with van der Waals surface area (Å²) in [5.74, 6) is 0.715. The van der Waals surface area contributed by atoms with Gasteiger partial charge in [0.25, 0.3) is 0 Å². The SMILES string of the molecule is COc1cccc(COC(N=[N+]=[N-])C2Cc3ccccc3N2C(=O)OCC[Si](C)(C)C)c1. The van der Waals surface area contributed by atoms with E-state index >= 15 is 0 Å². The minimum Gasteiger partial charge on any atom is -0.497 e. The summed E-state index contributed by atoms with van der Waals surface area (Å²) in [7, 11) is 0.259. The standard InChI is InChI=1S/C23H30N4O4Si/c1-29-19-10-7-8-17(14-19)16-31-22(25-26-24)21-15-18-9-5-6-11-20(18)27(21)23(28)30-12-13-32(2,3)4/h5-11,14,21-22H,12-13,15-16H2,1-4H3. The highest BCUT2D eigenvalue weighted by atomic mass is 28.3. The number of fused-ring (bicyclic) bond motifs is 1. The molecule has 0 saturated heterocycles. The van der Waals surface area contributed by atoms with Crippen molar-refractivity contribution >= 4 is 19.9 Å². The van der Waals surface area contributed by atoms with Crippen LogP contribution in [0.3, 0.4) is 0 Å². The topological polar surface area (TPSA) is 96.8 Å². The van der Waals surface area contributed by atoms with E-state index in [0.717, 1.165) is 22.9 Å². The number of hydrogen-bond acceptors (Lipinski definition) is 5. The van der Waals surface area contributed by atoms with Gasteiger partial charge in [0.05, 0.1) is 32.1 Å². The lowest BCUT2D eigenvalue weighted by atomic mass is 10.1. The normalized spacial score (nSPS) is 16.1. The number of ether oxygens (including phenoxy) is 3. The second-order valence-corrected chi connectivity index (χ2v) is 14.6. The number of para-hydroxylation sites is 1. The zero-order valence-electron chi connectivity index (χ0n) is 19.0. The van der Waals surface area contributed by atoms with E-state index in [-0.39, 0.29) is 6.61 Å². The van der Waals surface area contributed by atoms with Crippen LogP contribution in [0.2, 0.25) is 25.7 Å². The number of methoxy groups -OCH3 is 1. The van der Waals surface area contributed by atoms with Crippen LogP contribution in [0.4, 0.5) is 10.5 Å². The number of azide groups is 1. The molecule has 0 N–H and O–H groups in total. The first kappa shape index (κ1) is 23.7. The number of carbonyl (C=O) groups excluding carboxylic acids is 1. The molecule has 0 bridgehead atoms. The van der Waals surface area contributed by atoms with E-state index in [9.17, 15) is 10.3 Å². The van der Waals surface area contributed by atoms with E-state index < -0.39 is 26.4 Å². The van der Waals surface area contributed by atoms with Crippen LogP contribution in [-0.4, -0.2) is 40.2 Å². The Morgan fingerprint density at radius 3 is 2.75 bits per heavy atom. The predicted octanol–water partition coefficient (Wildman–Crippen LogP) is 5.75. The summed E-state index contributed by atoms with van der Waals surface area (Å²) in [5.41, 5.74) is 11.8. The third-order valence-corrected chi connectivity index (χ3v) is 7.04. The Balaban J connectivity index is 1.79. The van der Waals surface area contributed by atoms with Gasteiger partial charge < -0.3 is 14.2 Å². The maximum Gasteiger partial charge on any atom is 0.414 e. The molecule has 32 heavy (non-hydrogen) atoms. The second-order valence-electron chi connectivity index (χ2n) is 8.95. The third-order valence-electron chi connectivity index (χ3n) is 5.34. The van der Waals surface area contributed by atoms with Gasteiger partial charge in [0.15, 0.2) is 6.23 Å². The van der Waals surface area contributed by atoms with Crippen LogP contribution in [0.1, 0.15) is 11.1 Å². The lowest BCUT2D eigenvalue weighted by Gasteiger charge is -2.29. The fourth-order valence-electron chi connectivity index (χ4n) is 3.61. The summed E-state index contributed by atoms with van der Waals surface area (Å²) in [6.45, 7) is 7.29. The van der Waals surface area contributed by atoms with Crippen LogP contribution < -0.4 is 9.64 Å². The average molecular weight is 455 g/mol. The molecule has 2 aromatic carbocycles. The van der Waals surface area contributed by atoms with E-state index in [1.54, 1.807) is 12.0 Å². The summed E-state index contributed by atoms with van der Waals surface area (Å²) in [6, 6.07) is 15.5. The van der Waals surface area contributed by atoms with Gasteiger partial charge in [-0.05, 0) is 47.3 Å². The van der Waals surface area contributed by atoms with Crippen LogP contribution in [-0.2, 0) is 22.5 Å². The molecule has 1 heterocycles. The van der Waals surface area contributed by atoms with Crippen LogP contribution in [0, 0.1) is 0 Å². The number of amides is 1. The fraction of sp³-hybridized carbons (Fsp3) is 0.435. The minimum atomic E-state index is -1.34. The van der Waals surface area contributed by atoms with Gasteiger partial charge in [-0.2, -0.15) is 0 Å². The van der Waals surface area contributed by atoms with Crippen molar-refractivity contribution in [2.24, 2.45) is 5.11 Å². The molecule has 1 aliphatic rings. The number of anilines is 1. The third kappa shape index (κ3) is 6.03. The van der Waals surface area contributed by atoms with Crippen molar-refractivity contribution < 1.29 is 19.0 Å². The number of carbonyl (C=O) groups is 1. The van der Waals surface area contributed by atoms with Gasteiger partial charge in [0.2, 0.25) is 0 Å². The molecule has 170 valence electrons. The van der Waals surface area contributed by atoms with E-state index in [4.69, 9.17) is 14.2 Å². The van der Waals surface area contributed by atoms with Crippen molar-refractivity contribution in [3.63, 3.8) is 0 Å².